The number of nitrogens with two attached hydrogens (primary N) is 1. The Labute approximate surface area is 132 Å². The third kappa shape index (κ3) is 3.57. The largest absolute Gasteiger partial charge is 0.326 e. The Kier molecular flexibility index (Phi) is 4.67. The topological polar surface area (TPSA) is 72.2 Å². The minimum absolute atomic E-state index is 0.227. The van der Waals surface area contributed by atoms with E-state index in [9.17, 15) is 8.42 Å². The van der Waals surface area contributed by atoms with Gasteiger partial charge in [0.2, 0.25) is 0 Å². The lowest BCUT2D eigenvalue weighted by Crippen LogP contribution is -2.12. The number of sulfonamides is 1. The van der Waals surface area contributed by atoms with E-state index in [0.717, 1.165) is 9.35 Å². The zero-order chi connectivity index (χ0) is 14.0. The lowest BCUT2D eigenvalue weighted by atomic mass is 10.3. The van der Waals surface area contributed by atoms with E-state index in [1.165, 1.54) is 11.3 Å². The Morgan fingerprint density at radius 2 is 2.00 bits per heavy atom. The molecule has 1 heterocycles. The molecule has 2 rings (SSSR count). The van der Waals surface area contributed by atoms with Crippen molar-refractivity contribution in [1.82, 2.24) is 0 Å². The summed E-state index contributed by atoms with van der Waals surface area (Å²) in [5, 5.41) is 1.58. The van der Waals surface area contributed by atoms with Crippen LogP contribution in [-0.4, -0.2) is 8.42 Å². The van der Waals surface area contributed by atoms with Crippen LogP contribution in [0.4, 0.5) is 5.69 Å². The first kappa shape index (κ1) is 15.0. The van der Waals surface area contributed by atoms with Crippen molar-refractivity contribution in [2.75, 3.05) is 4.72 Å². The van der Waals surface area contributed by atoms with Crippen molar-refractivity contribution in [3.63, 3.8) is 0 Å². The molecule has 0 unspecified atom stereocenters. The summed E-state index contributed by atoms with van der Waals surface area (Å²) in [4.78, 5) is 1.05. The van der Waals surface area contributed by atoms with Gasteiger partial charge in [-0.15, -0.1) is 11.3 Å². The summed E-state index contributed by atoms with van der Waals surface area (Å²) in [6.45, 7) is 0.334. The summed E-state index contributed by atoms with van der Waals surface area (Å²) < 4.78 is 28.4. The molecule has 1 aromatic heterocycles. The summed E-state index contributed by atoms with van der Waals surface area (Å²) in [6, 6.07) is 6.86. The predicted molar refractivity (Wildman–Crippen MR) is 84.9 cm³/mol. The van der Waals surface area contributed by atoms with Gasteiger partial charge in [-0.1, -0.05) is 15.9 Å². The standard InChI is InChI=1S/C11H10Br2N2O2S2/c12-7-1-2-10(13)11(3-7)15-19(16,17)9-4-8(5-14)18-6-9/h1-4,6,15H,5,14H2. The second-order valence-electron chi connectivity index (χ2n) is 3.68. The molecule has 1 aromatic carbocycles. The fourth-order valence-electron chi connectivity index (χ4n) is 1.39. The third-order valence-corrected chi connectivity index (χ3v) is 5.95. The zero-order valence-corrected chi connectivity index (χ0v) is 14.4. The van der Waals surface area contributed by atoms with E-state index in [1.807, 2.05) is 6.07 Å². The number of hydrogen-bond acceptors (Lipinski definition) is 4. The molecule has 4 nitrogen and oxygen atoms in total. The Balaban J connectivity index is 2.33. The molecule has 0 amide bonds. The monoisotopic (exact) mass is 424 g/mol. The van der Waals surface area contributed by atoms with Crippen LogP contribution in [0.1, 0.15) is 4.88 Å². The van der Waals surface area contributed by atoms with E-state index in [0.29, 0.717) is 16.7 Å². The molecule has 8 heteroatoms. The normalized spacial score (nSPS) is 11.5. The zero-order valence-electron chi connectivity index (χ0n) is 9.56. The van der Waals surface area contributed by atoms with E-state index < -0.39 is 10.0 Å². The molecule has 0 saturated heterocycles. The molecule has 0 atom stereocenters. The number of thiophene rings is 1. The predicted octanol–water partition coefficient (Wildman–Crippen LogP) is 3.53. The van der Waals surface area contributed by atoms with Crippen molar-refractivity contribution in [2.24, 2.45) is 5.73 Å². The van der Waals surface area contributed by atoms with Crippen molar-refractivity contribution in [3.05, 3.63) is 43.5 Å². The molecule has 0 fully saturated rings. The fourth-order valence-corrected chi connectivity index (χ4v) is 4.45. The second kappa shape index (κ2) is 5.92. The number of anilines is 1. The summed E-state index contributed by atoms with van der Waals surface area (Å²) >= 11 is 7.94. The highest BCUT2D eigenvalue weighted by Gasteiger charge is 2.17. The summed E-state index contributed by atoms with van der Waals surface area (Å²) in [5.41, 5.74) is 5.97. The third-order valence-electron chi connectivity index (χ3n) is 2.31. The molecular weight excluding hydrogens is 416 g/mol. The van der Waals surface area contributed by atoms with Crippen molar-refractivity contribution in [2.45, 2.75) is 11.4 Å². The lowest BCUT2D eigenvalue weighted by Gasteiger charge is -2.08. The first-order valence-corrected chi connectivity index (χ1v) is 9.12. The van der Waals surface area contributed by atoms with E-state index in [-0.39, 0.29) is 4.90 Å². The molecule has 102 valence electrons. The van der Waals surface area contributed by atoms with Crippen LogP contribution in [0.3, 0.4) is 0 Å². The molecule has 0 aliphatic rings. The van der Waals surface area contributed by atoms with Gasteiger partial charge in [0.05, 0.1) is 10.6 Å². The lowest BCUT2D eigenvalue weighted by molar-refractivity contribution is 0.601. The van der Waals surface area contributed by atoms with Gasteiger partial charge >= 0.3 is 0 Å². The van der Waals surface area contributed by atoms with Gasteiger partial charge in [-0.25, -0.2) is 8.42 Å². The molecule has 0 aliphatic carbocycles. The highest BCUT2D eigenvalue weighted by Crippen LogP contribution is 2.29. The van der Waals surface area contributed by atoms with Gasteiger partial charge in [0.15, 0.2) is 0 Å². The highest BCUT2D eigenvalue weighted by molar-refractivity contribution is 9.11. The molecule has 0 aliphatic heterocycles. The van der Waals surface area contributed by atoms with Crippen molar-refractivity contribution in [1.29, 1.82) is 0 Å². The maximum absolute atomic E-state index is 12.2. The molecule has 0 saturated carbocycles. The van der Waals surface area contributed by atoms with E-state index in [4.69, 9.17) is 5.73 Å². The Bertz CT molecular complexity index is 698. The van der Waals surface area contributed by atoms with Gasteiger partial charge < -0.3 is 5.73 Å². The maximum atomic E-state index is 12.2. The van der Waals surface area contributed by atoms with Crippen LogP contribution in [0, 0.1) is 0 Å². The minimum atomic E-state index is -3.59. The SMILES string of the molecule is NCc1cc(S(=O)(=O)Nc2cc(Br)ccc2Br)cs1. The molecule has 2 aromatic rings. The molecular formula is C11H10Br2N2O2S2. The van der Waals surface area contributed by atoms with Gasteiger partial charge in [0.25, 0.3) is 10.0 Å². The van der Waals surface area contributed by atoms with Gasteiger partial charge in [0.1, 0.15) is 0 Å². The first-order chi connectivity index (χ1) is 8.92. The fraction of sp³-hybridized carbons (Fsp3) is 0.0909. The van der Waals surface area contributed by atoms with Crippen LogP contribution in [0.25, 0.3) is 0 Å². The quantitative estimate of drug-likeness (QED) is 0.786. The van der Waals surface area contributed by atoms with E-state index in [1.54, 1.807) is 23.6 Å². The van der Waals surface area contributed by atoms with Crippen LogP contribution in [0.15, 0.2) is 43.5 Å². The van der Waals surface area contributed by atoms with Gasteiger partial charge in [-0.3, -0.25) is 4.72 Å². The summed E-state index contributed by atoms with van der Waals surface area (Å²) in [5.74, 6) is 0. The summed E-state index contributed by atoms with van der Waals surface area (Å²) in [6.07, 6.45) is 0. The van der Waals surface area contributed by atoms with Gasteiger partial charge in [-0.05, 0) is 40.2 Å². The minimum Gasteiger partial charge on any atom is -0.326 e. The Hall–Kier alpha value is -0.410. The van der Waals surface area contributed by atoms with Crippen LogP contribution in [0.2, 0.25) is 0 Å². The van der Waals surface area contributed by atoms with Gasteiger partial charge in [-0.2, -0.15) is 0 Å². The first-order valence-electron chi connectivity index (χ1n) is 5.18. The smallest absolute Gasteiger partial charge is 0.262 e. The van der Waals surface area contributed by atoms with Crippen molar-refractivity contribution >= 4 is 58.9 Å². The number of nitrogens with one attached hydrogen (secondary N) is 1. The number of benzene rings is 1. The van der Waals surface area contributed by atoms with Gasteiger partial charge in [0, 0.05) is 25.7 Å². The Morgan fingerprint density at radius 3 is 2.63 bits per heavy atom. The highest BCUT2D eigenvalue weighted by atomic mass is 79.9. The van der Waals surface area contributed by atoms with Crippen LogP contribution < -0.4 is 10.5 Å². The molecule has 0 radical (unpaired) electrons. The van der Waals surface area contributed by atoms with Crippen LogP contribution >= 0.6 is 43.2 Å². The average Bonchev–Trinajstić information content (AvgIpc) is 2.83. The Morgan fingerprint density at radius 1 is 1.26 bits per heavy atom. The molecule has 3 N–H and O–H groups in total. The molecule has 0 spiro atoms. The maximum Gasteiger partial charge on any atom is 0.262 e. The van der Waals surface area contributed by atoms with Crippen LogP contribution in [-0.2, 0) is 16.6 Å². The van der Waals surface area contributed by atoms with Crippen LogP contribution in [0.5, 0.6) is 0 Å². The number of hydrogen-bond donors (Lipinski definition) is 2. The van der Waals surface area contributed by atoms with Crippen molar-refractivity contribution < 1.29 is 8.42 Å². The van der Waals surface area contributed by atoms with E-state index >= 15 is 0 Å². The van der Waals surface area contributed by atoms with E-state index in [2.05, 4.69) is 36.6 Å². The second-order valence-corrected chi connectivity index (χ2v) is 8.13. The average molecular weight is 426 g/mol. The number of halogens is 2. The summed E-state index contributed by atoms with van der Waals surface area (Å²) in [7, 11) is -3.59. The number of rotatable bonds is 4. The molecule has 0 bridgehead atoms. The molecule has 19 heavy (non-hydrogen) atoms. The van der Waals surface area contributed by atoms with Crippen molar-refractivity contribution in [3.8, 4) is 0 Å².